The predicted octanol–water partition coefficient (Wildman–Crippen LogP) is 5.54. The quantitative estimate of drug-likeness (QED) is 0.470. The van der Waals surface area contributed by atoms with E-state index < -0.39 is 69.4 Å². The average molecular weight is 550 g/mol. The highest BCUT2D eigenvalue weighted by molar-refractivity contribution is 8.13. The molecule has 1 aromatic rings. The first-order chi connectivity index (χ1) is 17.9. The standard InChI is InChI=1S/C29H34F3NO4S/c1-16-4-6-18(7-5-16)33(37)14-17-10-20-21-12-23(31)22-11-19(34)8-9-28(22,3)29(21,32)24(35)13-27(20,2)25(17)26(36)38-15-30/h4-9,11,17,20-21,23-25,35,37H,10,12-15H2,1-3H3/t17-,20-,21-,23-,24-,25+,27-,28-,29-/m0/s1. The van der Waals surface area contributed by atoms with Gasteiger partial charge in [-0.25, -0.2) is 13.2 Å². The number of alkyl halides is 3. The van der Waals surface area contributed by atoms with Gasteiger partial charge in [0.1, 0.15) is 12.2 Å². The lowest BCUT2D eigenvalue weighted by atomic mass is 9.45. The Morgan fingerprint density at radius 1 is 1.18 bits per heavy atom. The molecule has 4 aliphatic carbocycles. The summed E-state index contributed by atoms with van der Waals surface area (Å²) in [5.74, 6) is -3.08. The van der Waals surface area contributed by atoms with Crippen LogP contribution in [0.3, 0.4) is 0 Å². The fraction of sp³-hybridized carbons (Fsp3) is 0.586. The molecule has 2 N–H and O–H groups in total. The van der Waals surface area contributed by atoms with Crippen LogP contribution in [-0.2, 0) is 9.59 Å². The molecule has 0 aromatic heterocycles. The molecule has 206 valence electrons. The molecule has 0 bridgehead atoms. The Morgan fingerprint density at radius 3 is 2.53 bits per heavy atom. The third-order valence-electron chi connectivity index (χ3n) is 9.99. The zero-order chi connectivity index (χ0) is 27.6. The summed E-state index contributed by atoms with van der Waals surface area (Å²) >= 11 is 0.546. The van der Waals surface area contributed by atoms with Crippen molar-refractivity contribution in [3.8, 4) is 0 Å². The molecule has 3 saturated carbocycles. The highest BCUT2D eigenvalue weighted by Gasteiger charge is 2.73. The molecule has 38 heavy (non-hydrogen) atoms. The van der Waals surface area contributed by atoms with Gasteiger partial charge in [-0.2, -0.15) is 0 Å². The Labute approximate surface area is 225 Å². The van der Waals surface area contributed by atoms with Crippen molar-refractivity contribution in [2.75, 3.05) is 17.6 Å². The number of rotatable bonds is 5. The molecule has 0 heterocycles. The lowest BCUT2D eigenvalue weighted by Crippen LogP contribution is -2.68. The van der Waals surface area contributed by atoms with Crippen LogP contribution < -0.4 is 5.06 Å². The number of anilines is 1. The molecule has 1 aromatic carbocycles. The van der Waals surface area contributed by atoms with Crippen LogP contribution in [0, 0.1) is 41.4 Å². The minimum absolute atomic E-state index is 0.0439. The lowest BCUT2D eigenvalue weighted by molar-refractivity contribution is -0.201. The largest absolute Gasteiger partial charge is 0.390 e. The molecule has 9 atom stereocenters. The SMILES string of the molecule is Cc1ccc(N(O)C[C@@H]2C[C@H]3[C@@H]4C[C@H](F)C5=CC(=O)C=C[C@]5(C)[C@@]4(F)[C@@H](O)C[C@]3(C)[C@H]2C(=O)SCF)cc1. The smallest absolute Gasteiger partial charge is 0.195 e. The summed E-state index contributed by atoms with van der Waals surface area (Å²) < 4.78 is 46.4. The van der Waals surface area contributed by atoms with E-state index in [2.05, 4.69) is 0 Å². The van der Waals surface area contributed by atoms with E-state index in [-0.39, 0.29) is 25.0 Å². The molecule has 4 aliphatic rings. The summed E-state index contributed by atoms with van der Waals surface area (Å²) in [6.45, 7) is 5.33. The van der Waals surface area contributed by atoms with Gasteiger partial charge in [0.05, 0.1) is 11.8 Å². The molecule has 5 nitrogen and oxygen atoms in total. The van der Waals surface area contributed by atoms with Crippen molar-refractivity contribution in [3.05, 3.63) is 53.6 Å². The van der Waals surface area contributed by atoms with Crippen LogP contribution in [0.25, 0.3) is 0 Å². The van der Waals surface area contributed by atoms with Gasteiger partial charge in [-0.05, 0) is 80.2 Å². The second-order valence-electron chi connectivity index (χ2n) is 11.9. The molecule has 0 unspecified atom stereocenters. The van der Waals surface area contributed by atoms with Crippen molar-refractivity contribution in [2.45, 2.75) is 58.0 Å². The van der Waals surface area contributed by atoms with Crippen LogP contribution in [0.5, 0.6) is 0 Å². The number of hydrogen-bond donors (Lipinski definition) is 2. The number of fused-ring (bicyclic) bond motifs is 5. The summed E-state index contributed by atoms with van der Waals surface area (Å²) in [6, 6.07) is 6.29. The van der Waals surface area contributed by atoms with Crippen LogP contribution in [0.15, 0.2) is 48.1 Å². The highest BCUT2D eigenvalue weighted by Crippen LogP contribution is 2.70. The molecule has 0 spiro atoms. The number of benzene rings is 1. The summed E-state index contributed by atoms with van der Waals surface area (Å²) in [5, 5.41) is 23.0. The maximum atomic E-state index is 17.4. The first kappa shape index (κ1) is 27.5. The van der Waals surface area contributed by atoms with Gasteiger partial charge in [-0.15, -0.1) is 0 Å². The number of thioether (sulfide) groups is 1. The predicted molar refractivity (Wildman–Crippen MR) is 140 cm³/mol. The Balaban J connectivity index is 1.54. The van der Waals surface area contributed by atoms with Crippen molar-refractivity contribution in [3.63, 3.8) is 0 Å². The fourth-order valence-electron chi connectivity index (χ4n) is 8.22. The monoisotopic (exact) mass is 549 g/mol. The second-order valence-corrected chi connectivity index (χ2v) is 12.8. The van der Waals surface area contributed by atoms with E-state index in [1.54, 1.807) is 12.1 Å². The zero-order valence-electron chi connectivity index (χ0n) is 21.7. The second kappa shape index (κ2) is 9.52. The zero-order valence-corrected chi connectivity index (χ0v) is 22.6. The van der Waals surface area contributed by atoms with Crippen molar-refractivity contribution < 1.29 is 33.1 Å². The van der Waals surface area contributed by atoms with E-state index in [9.17, 15) is 24.3 Å². The molecule has 0 saturated heterocycles. The number of hydroxylamine groups is 1. The number of hydrogen-bond acceptors (Lipinski definition) is 6. The van der Waals surface area contributed by atoms with E-state index in [1.165, 1.54) is 19.1 Å². The van der Waals surface area contributed by atoms with Crippen LogP contribution in [-0.4, -0.2) is 51.7 Å². The van der Waals surface area contributed by atoms with E-state index in [4.69, 9.17) is 0 Å². The minimum Gasteiger partial charge on any atom is -0.390 e. The number of aliphatic hydroxyl groups is 1. The number of carbonyl (C=O) groups is 2. The number of aryl methyl sites for hydroxylation is 1. The molecule has 0 aliphatic heterocycles. The van der Waals surface area contributed by atoms with Gasteiger partial charge in [-0.1, -0.05) is 42.5 Å². The summed E-state index contributed by atoms with van der Waals surface area (Å²) in [7, 11) is 0. The van der Waals surface area contributed by atoms with Crippen LogP contribution in [0.2, 0.25) is 0 Å². The number of allylic oxidation sites excluding steroid dienone is 4. The molecule has 9 heteroatoms. The van der Waals surface area contributed by atoms with Gasteiger partial charge in [-0.3, -0.25) is 19.9 Å². The fourth-order valence-corrected chi connectivity index (χ4v) is 8.96. The van der Waals surface area contributed by atoms with Crippen LogP contribution >= 0.6 is 11.8 Å². The third-order valence-corrected chi connectivity index (χ3v) is 10.6. The Morgan fingerprint density at radius 2 is 1.87 bits per heavy atom. The molecular formula is C29H34F3NO4S. The minimum atomic E-state index is -2.26. The number of ketones is 1. The van der Waals surface area contributed by atoms with Crippen molar-refractivity contribution in [2.24, 2.45) is 34.5 Å². The third kappa shape index (κ3) is 3.91. The van der Waals surface area contributed by atoms with Gasteiger partial charge in [0.2, 0.25) is 0 Å². The van der Waals surface area contributed by atoms with Crippen molar-refractivity contribution in [1.29, 1.82) is 0 Å². The number of aliphatic hydroxyl groups excluding tert-OH is 1. The number of halogens is 3. The van der Waals surface area contributed by atoms with Crippen molar-refractivity contribution >= 4 is 28.3 Å². The van der Waals surface area contributed by atoms with Gasteiger partial charge in [0.25, 0.3) is 0 Å². The summed E-state index contributed by atoms with van der Waals surface area (Å²) in [4.78, 5) is 25.4. The van der Waals surface area contributed by atoms with Crippen LogP contribution in [0.4, 0.5) is 18.9 Å². The Hall–Kier alpha value is -2.10. The first-order valence-corrected chi connectivity index (χ1v) is 14.1. The summed E-state index contributed by atoms with van der Waals surface area (Å²) in [6.07, 6.45) is 0.685. The van der Waals surface area contributed by atoms with E-state index >= 15 is 8.78 Å². The molecule has 3 fully saturated rings. The molecule has 0 radical (unpaired) electrons. The highest BCUT2D eigenvalue weighted by atomic mass is 32.2. The van der Waals surface area contributed by atoms with Crippen LogP contribution in [0.1, 0.15) is 38.7 Å². The maximum Gasteiger partial charge on any atom is 0.195 e. The van der Waals surface area contributed by atoms with E-state index in [0.717, 1.165) is 16.7 Å². The molecular weight excluding hydrogens is 515 g/mol. The van der Waals surface area contributed by atoms with Crippen molar-refractivity contribution in [1.82, 2.24) is 0 Å². The van der Waals surface area contributed by atoms with Gasteiger partial charge < -0.3 is 5.11 Å². The number of nitrogens with zero attached hydrogens (tertiary/aromatic N) is 1. The van der Waals surface area contributed by atoms with Gasteiger partial charge >= 0.3 is 0 Å². The topological polar surface area (TPSA) is 77.8 Å². The Bertz CT molecular complexity index is 1190. The molecule has 0 amide bonds. The first-order valence-electron chi connectivity index (χ1n) is 13.1. The van der Waals surface area contributed by atoms with E-state index in [0.29, 0.717) is 23.9 Å². The molecule has 5 rings (SSSR count). The normalized spacial score (nSPS) is 41.7. The summed E-state index contributed by atoms with van der Waals surface area (Å²) in [5.41, 5.74) is -3.11. The van der Waals surface area contributed by atoms with E-state index in [1.807, 2.05) is 26.0 Å². The maximum absolute atomic E-state index is 17.4. The lowest BCUT2D eigenvalue weighted by Gasteiger charge is -2.62. The van der Waals surface area contributed by atoms with Gasteiger partial charge in [0.15, 0.2) is 16.6 Å². The Kier molecular flexibility index (Phi) is 6.88. The van der Waals surface area contributed by atoms with Gasteiger partial charge in [0, 0.05) is 23.8 Å². The average Bonchev–Trinajstić information content (AvgIpc) is 3.14. The number of carbonyl (C=O) groups excluding carboxylic acids is 2.